The Morgan fingerprint density at radius 3 is 3.09 bits per heavy atom. The highest BCUT2D eigenvalue weighted by Gasteiger charge is 2.14. The van der Waals surface area contributed by atoms with Crippen molar-refractivity contribution >= 4 is 5.69 Å². The van der Waals surface area contributed by atoms with Crippen molar-refractivity contribution < 1.29 is 5.11 Å². The zero-order valence-electron chi connectivity index (χ0n) is 6.52. The van der Waals surface area contributed by atoms with Crippen LogP contribution in [0.1, 0.15) is 11.1 Å². The molecule has 2 heteroatoms. The number of phenols is 1. The van der Waals surface area contributed by atoms with Crippen molar-refractivity contribution in [2.24, 2.45) is 0 Å². The number of rotatable bonds is 0. The first-order valence-corrected chi connectivity index (χ1v) is 3.84. The average Bonchev–Trinajstić information content (AvgIpc) is 2.45. The van der Waals surface area contributed by atoms with Gasteiger partial charge in [-0.05, 0) is 24.5 Å². The van der Waals surface area contributed by atoms with Gasteiger partial charge in [-0.1, -0.05) is 12.1 Å². The third kappa shape index (κ3) is 0.862. The van der Waals surface area contributed by atoms with Gasteiger partial charge in [0.2, 0.25) is 0 Å². The lowest BCUT2D eigenvalue weighted by Crippen LogP contribution is -1.91. The molecule has 0 aromatic heterocycles. The number of anilines is 1. The lowest BCUT2D eigenvalue weighted by atomic mass is 10.1. The number of nitrogens with one attached hydrogen (secondary N) is 1. The van der Waals surface area contributed by atoms with E-state index in [0.29, 0.717) is 5.75 Å². The Bertz CT molecular complexity index is 294. The smallest absolute Gasteiger partial charge is 0.141 e. The van der Waals surface area contributed by atoms with Crippen LogP contribution in [-0.2, 0) is 6.42 Å². The number of hydrogen-bond donors (Lipinski definition) is 2. The van der Waals surface area contributed by atoms with Gasteiger partial charge in [-0.25, -0.2) is 0 Å². The van der Waals surface area contributed by atoms with Crippen LogP contribution in [-0.4, -0.2) is 11.7 Å². The van der Waals surface area contributed by atoms with Crippen molar-refractivity contribution in [3.05, 3.63) is 23.3 Å². The summed E-state index contributed by atoms with van der Waals surface area (Å²) >= 11 is 0. The van der Waals surface area contributed by atoms with Crippen molar-refractivity contribution in [2.75, 3.05) is 11.9 Å². The number of fused-ring (bicyclic) bond motifs is 1. The third-order valence-corrected chi connectivity index (χ3v) is 2.16. The summed E-state index contributed by atoms with van der Waals surface area (Å²) in [7, 11) is 0. The Labute approximate surface area is 65.9 Å². The van der Waals surface area contributed by atoms with Crippen LogP contribution in [0.25, 0.3) is 0 Å². The molecule has 2 nitrogen and oxygen atoms in total. The molecule has 0 bridgehead atoms. The van der Waals surface area contributed by atoms with Crippen LogP contribution in [0.3, 0.4) is 0 Å². The molecule has 1 aromatic rings. The number of phenolic OH excluding ortho intramolecular Hbond substituents is 1. The van der Waals surface area contributed by atoms with Gasteiger partial charge in [0.05, 0.1) is 5.69 Å². The zero-order valence-corrected chi connectivity index (χ0v) is 6.52. The van der Waals surface area contributed by atoms with Crippen molar-refractivity contribution in [3.63, 3.8) is 0 Å². The summed E-state index contributed by atoms with van der Waals surface area (Å²) in [5.41, 5.74) is 3.11. The highest BCUT2D eigenvalue weighted by molar-refractivity contribution is 5.66. The van der Waals surface area contributed by atoms with E-state index in [1.807, 2.05) is 13.0 Å². The van der Waals surface area contributed by atoms with Crippen LogP contribution >= 0.6 is 0 Å². The van der Waals surface area contributed by atoms with E-state index in [9.17, 15) is 5.11 Å². The molecule has 0 radical (unpaired) electrons. The number of aryl methyl sites for hydroxylation is 1. The Hall–Kier alpha value is -1.18. The number of benzene rings is 1. The quantitative estimate of drug-likeness (QED) is 0.550. The molecule has 1 aliphatic rings. The lowest BCUT2D eigenvalue weighted by Gasteiger charge is -2.04. The minimum absolute atomic E-state index is 0.417. The molecule has 0 saturated heterocycles. The summed E-state index contributed by atoms with van der Waals surface area (Å²) in [5.74, 6) is 0.417. The van der Waals surface area contributed by atoms with Gasteiger partial charge in [-0.2, -0.15) is 0 Å². The second kappa shape index (κ2) is 2.16. The van der Waals surface area contributed by atoms with E-state index in [0.717, 1.165) is 24.2 Å². The van der Waals surface area contributed by atoms with E-state index >= 15 is 0 Å². The average molecular weight is 149 g/mol. The molecule has 0 spiro atoms. The third-order valence-electron chi connectivity index (χ3n) is 2.16. The minimum atomic E-state index is 0.417. The number of aromatic hydroxyl groups is 1. The molecule has 0 unspecified atom stereocenters. The molecule has 0 amide bonds. The Morgan fingerprint density at radius 1 is 1.45 bits per heavy atom. The monoisotopic (exact) mass is 149 g/mol. The second-order valence-corrected chi connectivity index (χ2v) is 2.94. The van der Waals surface area contributed by atoms with Gasteiger partial charge in [-0.3, -0.25) is 0 Å². The molecule has 1 heterocycles. The topological polar surface area (TPSA) is 32.3 Å². The van der Waals surface area contributed by atoms with Gasteiger partial charge < -0.3 is 10.4 Å². The molecular weight excluding hydrogens is 138 g/mol. The Kier molecular flexibility index (Phi) is 1.28. The maximum atomic E-state index is 9.56. The standard InChI is InChI=1S/C9H11NO/c1-6-2-3-7-4-5-10-8(7)9(6)11/h2-3,10-11H,4-5H2,1H3. The molecule has 1 aromatic carbocycles. The molecule has 11 heavy (non-hydrogen) atoms. The molecule has 0 saturated carbocycles. The fourth-order valence-corrected chi connectivity index (χ4v) is 1.46. The second-order valence-electron chi connectivity index (χ2n) is 2.94. The van der Waals surface area contributed by atoms with E-state index in [1.54, 1.807) is 0 Å². The maximum absolute atomic E-state index is 9.56. The van der Waals surface area contributed by atoms with E-state index in [-0.39, 0.29) is 0 Å². The molecule has 2 rings (SSSR count). The first-order chi connectivity index (χ1) is 5.29. The highest BCUT2D eigenvalue weighted by atomic mass is 16.3. The predicted octanol–water partition coefficient (Wildman–Crippen LogP) is 1.67. The Morgan fingerprint density at radius 2 is 2.27 bits per heavy atom. The summed E-state index contributed by atoms with van der Waals surface area (Å²) < 4.78 is 0. The largest absolute Gasteiger partial charge is 0.505 e. The first-order valence-electron chi connectivity index (χ1n) is 3.84. The van der Waals surface area contributed by atoms with Crippen LogP contribution in [0.4, 0.5) is 5.69 Å². The SMILES string of the molecule is Cc1ccc2c(c1O)NCC2. The number of hydrogen-bond acceptors (Lipinski definition) is 2. The van der Waals surface area contributed by atoms with Crippen molar-refractivity contribution in [1.29, 1.82) is 0 Å². The van der Waals surface area contributed by atoms with Gasteiger partial charge in [0.15, 0.2) is 0 Å². The zero-order chi connectivity index (χ0) is 7.84. The normalized spacial score (nSPS) is 14.3. The van der Waals surface area contributed by atoms with Crippen LogP contribution in [0.5, 0.6) is 5.75 Å². The molecule has 0 atom stereocenters. The summed E-state index contributed by atoms with van der Waals surface area (Å²) in [4.78, 5) is 0. The molecule has 58 valence electrons. The molecule has 0 fully saturated rings. The molecular formula is C9H11NO. The van der Waals surface area contributed by atoms with Gasteiger partial charge >= 0.3 is 0 Å². The molecule has 1 aliphatic heterocycles. The van der Waals surface area contributed by atoms with E-state index in [2.05, 4.69) is 11.4 Å². The fourth-order valence-electron chi connectivity index (χ4n) is 1.46. The van der Waals surface area contributed by atoms with Crippen LogP contribution in [0.15, 0.2) is 12.1 Å². The summed E-state index contributed by atoms with van der Waals surface area (Å²) in [6, 6.07) is 4.03. The molecule has 2 N–H and O–H groups in total. The maximum Gasteiger partial charge on any atom is 0.141 e. The van der Waals surface area contributed by atoms with E-state index < -0.39 is 0 Å². The highest BCUT2D eigenvalue weighted by Crippen LogP contribution is 2.34. The Balaban J connectivity index is 2.62. The summed E-state index contributed by atoms with van der Waals surface area (Å²) in [6.07, 6.45) is 1.03. The molecule has 0 aliphatic carbocycles. The minimum Gasteiger partial charge on any atom is -0.505 e. The van der Waals surface area contributed by atoms with Crippen molar-refractivity contribution in [1.82, 2.24) is 0 Å². The lowest BCUT2D eigenvalue weighted by molar-refractivity contribution is 0.473. The van der Waals surface area contributed by atoms with Gasteiger partial charge in [-0.15, -0.1) is 0 Å². The van der Waals surface area contributed by atoms with Gasteiger partial charge in [0.25, 0.3) is 0 Å². The van der Waals surface area contributed by atoms with Crippen LogP contribution in [0, 0.1) is 6.92 Å². The first kappa shape index (κ1) is 6.53. The summed E-state index contributed by atoms with van der Waals surface area (Å²) in [5, 5.41) is 12.7. The van der Waals surface area contributed by atoms with E-state index in [1.165, 1.54) is 5.56 Å². The van der Waals surface area contributed by atoms with Crippen LogP contribution < -0.4 is 5.32 Å². The van der Waals surface area contributed by atoms with E-state index in [4.69, 9.17) is 0 Å². The van der Waals surface area contributed by atoms with Crippen molar-refractivity contribution in [2.45, 2.75) is 13.3 Å². The summed E-state index contributed by atoms with van der Waals surface area (Å²) in [6.45, 7) is 2.86. The van der Waals surface area contributed by atoms with Gasteiger partial charge in [0, 0.05) is 6.54 Å². The fraction of sp³-hybridized carbons (Fsp3) is 0.333. The van der Waals surface area contributed by atoms with Gasteiger partial charge in [0.1, 0.15) is 5.75 Å². The van der Waals surface area contributed by atoms with Crippen molar-refractivity contribution in [3.8, 4) is 5.75 Å². The van der Waals surface area contributed by atoms with Crippen LogP contribution in [0.2, 0.25) is 0 Å². The predicted molar refractivity (Wildman–Crippen MR) is 45.0 cm³/mol.